The molecule has 9 nitrogen and oxygen atoms in total. The van der Waals surface area contributed by atoms with Crippen LogP contribution in [0, 0.1) is 6.92 Å². The Balaban J connectivity index is 1.96. The van der Waals surface area contributed by atoms with Gasteiger partial charge in [0.25, 0.3) is 11.8 Å². The second kappa shape index (κ2) is 8.16. The molecule has 0 bridgehead atoms. The maximum absolute atomic E-state index is 13.2. The van der Waals surface area contributed by atoms with E-state index in [-0.39, 0.29) is 34.6 Å². The van der Waals surface area contributed by atoms with Gasteiger partial charge in [-0.25, -0.2) is 0 Å². The molecule has 0 radical (unpaired) electrons. The lowest BCUT2D eigenvalue weighted by atomic mass is 9.98. The van der Waals surface area contributed by atoms with Gasteiger partial charge >= 0.3 is 6.18 Å². The van der Waals surface area contributed by atoms with Gasteiger partial charge in [-0.15, -0.1) is 0 Å². The summed E-state index contributed by atoms with van der Waals surface area (Å²) >= 11 is 0. The Kier molecular flexibility index (Phi) is 5.92. The predicted molar refractivity (Wildman–Crippen MR) is 100 cm³/mol. The summed E-state index contributed by atoms with van der Waals surface area (Å²) in [7, 11) is 3.00. The lowest BCUT2D eigenvalue weighted by Gasteiger charge is -2.29. The van der Waals surface area contributed by atoms with Crippen molar-refractivity contribution in [3.63, 3.8) is 0 Å². The Morgan fingerprint density at radius 2 is 2.00 bits per heavy atom. The van der Waals surface area contributed by atoms with Gasteiger partial charge in [-0.2, -0.15) is 18.2 Å². The van der Waals surface area contributed by atoms with Crippen LogP contribution in [-0.2, 0) is 10.3 Å². The molecule has 0 saturated heterocycles. The van der Waals surface area contributed by atoms with Crippen molar-refractivity contribution in [2.45, 2.75) is 44.3 Å². The Bertz CT molecular complexity index is 987. The average molecular weight is 441 g/mol. The van der Waals surface area contributed by atoms with Crippen molar-refractivity contribution in [1.82, 2.24) is 25.3 Å². The highest BCUT2D eigenvalue weighted by Gasteiger charge is 2.44. The second-order valence-corrected chi connectivity index (χ2v) is 7.67. The van der Waals surface area contributed by atoms with Gasteiger partial charge in [0.1, 0.15) is 11.4 Å². The molecule has 12 heteroatoms. The standard InChI is InChI=1S/C19H22F3N5O4/c1-10-24-16(26-31-10)18(2,17(29)27(3)4)25-15(28)14-13(11-5-6-11)12(7-8-23-14)30-9-19(20,21)22/h7-8,11H,5-6,9H2,1-4H3,(H,25,28). The van der Waals surface area contributed by atoms with Crippen LogP contribution >= 0.6 is 0 Å². The molecule has 0 aliphatic heterocycles. The van der Waals surface area contributed by atoms with E-state index < -0.39 is 30.1 Å². The molecule has 2 heterocycles. The third-order valence-corrected chi connectivity index (χ3v) is 4.71. The van der Waals surface area contributed by atoms with E-state index in [0.29, 0.717) is 12.8 Å². The van der Waals surface area contributed by atoms with E-state index in [1.807, 2.05) is 0 Å². The molecule has 31 heavy (non-hydrogen) atoms. The summed E-state index contributed by atoms with van der Waals surface area (Å²) < 4.78 is 47.8. The first-order valence-electron chi connectivity index (χ1n) is 9.46. The van der Waals surface area contributed by atoms with Gasteiger partial charge in [0.15, 0.2) is 12.1 Å². The zero-order valence-corrected chi connectivity index (χ0v) is 17.4. The fourth-order valence-corrected chi connectivity index (χ4v) is 3.13. The number of nitrogens with one attached hydrogen (secondary N) is 1. The van der Waals surface area contributed by atoms with Crippen LogP contribution in [0.4, 0.5) is 13.2 Å². The summed E-state index contributed by atoms with van der Waals surface area (Å²) in [6.45, 7) is 1.46. The minimum atomic E-state index is -4.53. The first kappa shape index (κ1) is 22.5. The van der Waals surface area contributed by atoms with Crippen LogP contribution in [0.5, 0.6) is 5.75 Å². The van der Waals surface area contributed by atoms with Crippen LogP contribution in [0.2, 0.25) is 0 Å². The van der Waals surface area contributed by atoms with Crippen LogP contribution in [-0.4, -0.2) is 58.7 Å². The topological polar surface area (TPSA) is 110 Å². The molecule has 1 saturated carbocycles. The van der Waals surface area contributed by atoms with Gasteiger partial charge in [-0.3, -0.25) is 14.6 Å². The largest absolute Gasteiger partial charge is 0.484 e. The number of carbonyl (C=O) groups excluding carboxylic acids is 2. The van der Waals surface area contributed by atoms with Crippen molar-refractivity contribution in [1.29, 1.82) is 0 Å². The zero-order valence-electron chi connectivity index (χ0n) is 17.4. The quantitative estimate of drug-likeness (QED) is 0.702. The van der Waals surface area contributed by atoms with Crippen molar-refractivity contribution < 1.29 is 32.0 Å². The summed E-state index contributed by atoms with van der Waals surface area (Å²) in [5.41, 5.74) is -1.52. The molecule has 1 atom stereocenters. The van der Waals surface area contributed by atoms with Gasteiger partial charge < -0.3 is 19.5 Å². The Hall–Kier alpha value is -3.18. The van der Waals surface area contributed by atoms with E-state index in [0.717, 1.165) is 0 Å². The summed E-state index contributed by atoms with van der Waals surface area (Å²) in [5, 5.41) is 6.35. The van der Waals surface area contributed by atoms with E-state index in [1.165, 1.54) is 45.1 Å². The van der Waals surface area contributed by atoms with E-state index >= 15 is 0 Å². The third-order valence-electron chi connectivity index (χ3n) is 4.71. The fourth-order valence-electron chi connectivity index (χ4n) is 3.13. The Morgan fingerprint density at radius 3 is 2.52 bits per heavy atom. The highest BCUT2D eigenvalue weighted by atomic mass is 19.4. The number of aryl methyl sites for hydroxylation is 1. The van der Waals surface area contributed by atoms with Crippen LogP contribution in [0.25, 0.3) is 0 Å². The number of ether oxygens (including phenoxy) is 1. The van der Waals surface area contributed by atoms with Gasteiger partial charge in [0.05, 0.1) is 0 Å². The summed E-state index contributed by atoms with van der Waals surface area (Å²) in [6, 6.07) is 1.29. The van der Waals surface area contributed by atoms with Crippen LogP contribution in [0.15, 0.2) is 16.8 Å². The predicted octanol–water partition coefficient (Wildman–Crippen LogP) is 2.32. The minimum Gasteiger partial charge on any atom is -0.484 e. The van der Waals surface area contributed by atoms with Crippen molar-refractivity contribution in [3.8, 4) is 5.75 Å². The number of amides is 2. The molecule has 1 aliphatic rings. The first-order valence-corrected chi connectivity index (χ1v) is 9.46. The van der Waals surface area contributed by atoms with Crippen molar-refractivity contribution in [2.24, 2.45) is 0 Å². The molecule has 0 spiro atoms. The maximum atomic E-state index is 13.2. The minimum absolute atomic E-state index is 0.0592. The van der Waals surface area contributed by atoms with E-state index in [9.17, 15) is 22.8 Å². The Labute approximate surface area is 176 Å². The smallest absolute Gasteiger partial charge is 0.422 e. The van der Waals surface area contributed by atoms with Gasteiger partial charge in [0, 0.05) is 32.8 Å². The van der Waals surface area contributed by atoms with E-state index in [2.05, 4.69) is 20.4 Å². The number of rotatable bonds is 7. The number of halogens is 3. The molecule has 2 aromatic rings. The normalized spacial score (nSPS) is 15.8. The molecular weight excluding hydrogens is 419 g/mol. The zero-order chi connectivity index (χ0) is 23.0. The highest BCUT2D eigenvalue weighted by molar-refractivity contribution is 5.99. The number of hydrogen-bond acceptors (Lipinski definition) is 7. The molecule has 1 N–H and O–H groups in total. The lowest BCUT2D eigenvalue weighted by Crippen LogP contribution is -2.54. The number of likely N-dealkylation sites (N-methyl/N-ethyl adjacent to an activating group) is 1. The number of alkyl halides is 3. The number of carbonyl (C=O) groups is 2. The van der Waals surface area contributed by atoms with Gasteiger partial charge in [-0.1, -0.05) is 5.16 Å². The van der Waals surface area contributed by atoms with Gasteiger partial charge in [-0.05, 0) is 31.7 Å². The summed E-state index contributed by atoms with van der Waals surface area (Å²) in [5.74, 6) is -1.37. The molecular formula is C19H22F3N5O4. The SMILES string of the molecule is Cc1nc(C(C)(NC(=O)c2nccc(OCC(F)(F)F)c2C2CC2)C(=O)N(C)C)no1. The summed E-state index contributed by atoms with van der Waals surface area (Å²) in [6.07, 6.45) is -1.96. The molecule has 2 aromatic heterocycles. The lowest BCUT2D eigenvalue weighted by molar-refractivity contribution is -0.153. The van der Waals surface area contributed by atoms with Crippen molar-refractivity contribution in [2.75, 3.05) is 20.7 Å². The molecule has 1 fully saturated rings. The van der Waals surface area contributed by atoms with E-state index in [1.54, 1.807) is 0 Å². The highest BCUT2D eigenvalue weighted by Crippen LogP contribution is 2.46. The van der Waals surface area contributed by atoms with Crippen molar-refractivity contribution in [3.05, 3.63) is 35.2 Å². The maximum Gasteiger partial charge on any atom is 0.422 e. The molecule has 168 valence electrons. The van der Waals surface area contributed by atoms with Crippen molar-refractivity contribution >= 4 is 11.8 Å². The third kappa shape index (κ3) is 4.94. The average Bonchev–Trinajstić information content (AvgIpc) is 3.44. The number of nitrogens with zero attached hydrogens (tertiary/aromatic N) is 4. The number of pyridine rings is 1. The monoisotopic (exact) mass is 441 g/mol. The molecule has 1 unspecified atom stereocenters. The molecule has 1 aliphatic carbocycles. The number of aromatic nitrogens is 3. The fraction of sp³-hybridized carbons (Fsp3) is 0.526. The van der Waals surface area contributed by atoms with Crippen LogP contribution < -0.4 is 10.1 Å². The molecule has 0 aromatic carbocycles. The van der Waals surface area contributed by atoms with Gasteiger partial charge in [0.2, 0.25) is 11.7 Å². The Morgan fingerprint density at radius 1 is 1.32 bits per heavy atom. The summed E-state index contributed by atoms with van der Waals surface area (Å²) in [4.78, 5) is 35.4. The second-order valence-electron chi connectivity index (χ2n) is 7.67. The molecule has 2 amide bonds. The van der Waals surface area contributed by atoms with Crippen LogP contribution in [0.1, 0.15) is 53.5 Å². The van der Waals surface area contributed by atoms with E-state index in [4.69, 9.17) is 9.26 Å². The first-order chi connectivity index (χ1) is 14.4. The number of hydrogen-bond donors (Lipinski definition) is 1. The molecule has 3 rings (SSSR count). The van der Waals surface area contributed by atoms with Crippen LogP contribution in [0.3, 0.4) is 0 Å².